The molecule has 1 aromatic heterocycles. The standard InChI is InChI=1S/C42H58O5/c1-26(2)9-8-10-27(3)35-17-18-36-34-15-13-28-23-30(19-21-41(28,4)37(34)20-22-42(35,36)5)46-39(43)25-45-29-14-16-32-31-11-6-7-12-33(31)40(44)47-38(32)24-29/h13-14,16,24,26-27,30,34-37H,6-12,15,17-23,25H2,1-5H3/t27-,30+,34?,35-,36?,37?,41+,42-/m1/s1. The van der Waals surface area contributed by atoms with Crippen molar-refractivity contribution in [3.8, 4) is 5.75 Å². The van der Waals surface area contributed by atoms with Crippen LogP contribution in [0.4, 0.5) is 0 Å². The van der Waals surface area contributed by atoms with Crippen LogP contribution in [0.3, 0.4) is 0 Å². The van der Waals surface area contributed by atoms with Crippen molar-refractivity contribution >= 4 is 16.9 Å². The van der Waals surface area contributed by atoms with Gasteiger partial charge in [-0.1, -0.05) is 65.5 Å². The smallest absolute Gasteiger partial charge is 0.344 e. The Kier molecular flexibility index (Phi) is 9.15. The summed E-state index contributed by atoms with van der Waals surface area (Å²) in [6.07, 6.45) is 20.1. The van der Waals surface area contributed by atoms with Crippen molar-refractivity contribution in [2.45, 2.75) is 137 Å². The van der Waals surface area contributed by atoms with Crippen molar-refractivity contribution in [1.82, 2.24) is 0 Å². The molecule has 0 spiro atoms. The van der Waals surface area contributed by atoms with E-state index in [0.29, 0.717) is 16.7 Å². The van der Waals surface area contributed by atoms with E-state index in [1.165, 1.54) is 56.9 Å². The van der Waals surface area contributed by atoms with Crippen LogP contribution in [0.2, 0.25) is 0 Å². The second kappa shape index (κ2) is 13.0. The predicted octanol–water partition coefficient (Wildman–Crippen LogP) is 10.0. The minimum Gasteiger partial charge on any atom is -0.482 e. The molecule has 2 aromatic rings. The minimum atomic E-state index is -0.326. The summed E-state index contributed by atoms with van der Waals surface area (Å²) in [5.74, 6) is 5.15. The quantitative estimate of drug-likeness (QED) is 0.155. The molecule has 5 aliphatic rings. The van der Waals surface area contributed by atoms with Gasteiger partial charge in [-0.25, -0.2) is 9.59 Å². The van der Waals surface area contributed by atoms with Crippen molar-refractivity contribution in [2.24, 2.45) is 46.3 Å². The zero-order chi connectivity index (χ0) is 32.9. The Bertz CT molecular complexity index is 1570. The lowest BCUT2D eigenvalue weighted by molar-refractivity contribution is -0.153. The molecule has 256 valence electrons. The molecule has 7 rings (SSSR count). The number of benzene rings is 1. The topological polar surface area (TPSA) is 65.7 Å². The van der Waals surface area contributed by atoms with Crippen LogP contribution in [-0.4, -0.2) is 18.7 Å². The van der Waals surface area contributed by atoms with E-state index >= 15 is 0 Å². The number of ether oxygens (including phenoxy) is 2. The van der Waals surface area contributed by atoms with Crippen molar-refractivity contribution in [1.29, 1.82) is 0 Å². The molecular weight excluding hydrogens is 584 g/mol. The Morgan fingerprint density at radius 2 is 1.79 bits per heavy atom. The van der Waals surface area contributed by atoms with Crippen LogP contribution in [0.25, 0.3) is 11.0 Å². The van der Waals surface area contributed by atoms with Gasteiger partial charge >= 0.3 is 11.6 Å². The van der Waals surface area contributed by atoms with Crippen molar-refractivity contribution in [3.05, 3.63) is 51.4 Å². The summed E-state index contributed by atoms with van der Waals surface area (Å²) in [5, 5.41) is 0.976. The van der Waals surface area contributed by atoms with Gasteiger partial charge in [-0.15, -0.1) is 0 Å². The first-order valence-electron chi connectivity index (χ1n) is 19.2. The number of hydrogen-bond acceptors (Lipinski definition) is 5. The molecule has 47 heavy (non-hydrogen) atoms. The third kappa shape index (κ3) is 6.12. The van der Waals surface area contributed by atoms with Gasteiger partial charge in [0.25, 0.3) is 0 Å². The Balaban J connectivity index is 0.953. The van der Waals surface area contributed by atoms with Gasteiger partial charge < -0.3 is 13.9 Å². The molecule has 1 heterocycles. The van der Waals surface area contributed by atoms with E-state index in [1.807, 2.05) is 12.1 Å². The van der Waals surface area contributed by atoms with E-state index in [-0.39, 0.29) is 29.7 Å². The highest BCUT2D eigenvalue weighted by molar-refractivity contribution is 5.83. The maximum atomic E-state index is 13.0. The fraction of sp³-hybridized carbons (Fsp3) is 0.714. The van der Waals surface area contributed by atoms with Gasteiger partial charge in [0.1, 0.15) is 17.4 Å². The molecule has 0 aliphatic heterocycles. The van der Waals surface area contributed by atoms with Gasteiger partial charge in [-0.3, -0.25) is 0 Å². The number of carbonyl (C=O) groups is 1. The van der Waals surface area contributed by atoms with Crippen LogP contribution in [0.15, 0.2) is 39.1 Å². The summed E-state index contributed by atoms with van der Waals surface area (Å²) < 4.78 is 17.5. The lowest BCUT2D eigenvalue weighted by Crippen LogP contribution is -2.51. The fourth-order valence-corrected chi connectivity index (χ4v) is 11.6. The first kappa shape index (κ1) is 33.0. The largest absolute Gasteiger partial charge is 0.482 e. The van der Waals surface area contributed by atoms with Gasteiger partial charge in [-0.2, -0.15) is 0 Å². The molecule has 8 atom stereocenters. The lowest BCUT2D eigenvalue weighted by Gasteiger charge is -2.58. The average Bonchev–Trinajstić information content (AvgIpc) is 3.41. The van der Waals surface area contributed by atoms with E-state index in [1.54, 1.807) is 6.07 Å². The van der Waals surface area contributed by atoms with Crippen molar-refractivity contribution in [3.63, 3.8) is 0 Å². The van der Waals surface area contributed by atoms with E-state index < -0.39 is 0 Å². The molecule has 3 saturated carbocycles. The zero-order valence-electron chi connectivity index (χ0n) is 29.7. The van der Waals surface area contributed by atoms with Gasteiger partial charge in [0.15, 0.2) is 6.61 Å². The summed E-state index contributed by atoms with van der Waals surface area (Å²) in [6.45, 7) is 12.3. The van der Waals surface area contributed by atoms with Gasteiger partial charge in [-0.05, 0) is 135 Å². The highest BCUT2D eigenvalue weighted by Crippen LogP contribution is 2.67. The first-order valence-corrected chi connectivity index (χ1v) is 19.2. The average molecular weight is 643 g/mol. The Labute approximate surface area is 282 Å². The molecule has 5 heteroatoms. The van der Waals surface area contributed by atoms with E-state index in [2.05, 4.69) is 40.7 Å². The first-order chi connectivity index (χ1) is 22.6. The monoisotopic (exact) mass is 642 g/mol. The summed E-state index contributed by atoms with van der Waals surface area (Å²) in [6, 6.07) is 5.57. The van der Waals surface area contributed by atoms with Gasteiger partial charge in [0.2, 0.25) is 0 Å². The van der Waals surface area contributed by atoms with Crippen LogP contribution in [0, 0.1) is 46.3 Å². The van der Waals surface area contributed by atoms with Crippen LogP contribution < -0.4 is 10.4 Å². The third-order valence-corrected chi connectivity index (χ3v) is 14.1. The third-order valence-electron chi connectivity index (χ3n) is 14.1. The number of carbonyl (C=O) groups excluding carboxylic acids is 1. The lowest BCUT2D eigenvalue weighted by atomic mass is 9.47. The minimum absolute atomic E-state index is 0.0838. The van der Waals surface area contributed by atoms with E-state index in [9.17, 15) is 9.59 Å². The molecule has 0 saturated heterocycles. The summed E-state index contributed by atoms with van der Waals surface area (Å²) >= 11 is 0. The number of allylic oxidation sites excluding steroid dienone is 1. The number of rotatable bonds is 9. The molecule has 0 N–H and O–H groups in total. The number of hydrogen-bond donors (Lipinski definition) is 0. The number of aryl methyl sites for hydroxylation is 1. The second-order valence-electron chi connectivity index (χ2n) is 17.1. The van der Waals surface area contributed by atoms with Gasteiger partial charge in [0, 0.05) is 23.4 Å². The molecule has 5 nitrogen and oxygen atoms in total. The normalized spacial score (nSPS) is 33.7. The van der Waals surface area contributed by atoms with Crippen LogP contribution in [-0.2, 0) is 22.4 Å². The molecule has 3 unspecified atom stereocenters. The summed E-state index contributed by atoms with van der Waals surface area (Å²) in [7, 11) is 0. The van der Waals surface area contributed by atoms with Crippen molar-refractivity contribution < 1.29 is 18.7 Å². The van der Waals surface area contributed by atoms with Crippen LogP contribution in [0.1, 0.15) is 129 Å². The zero-order valence-corrected chi connectivity index (χ0v) is 29.7. The molecule has 1 aromatic carbocycles. The Morgan fingerprint density at radius 1 is 0.979 bits per heavy atom. The van der Waals surface area contributed by atoms with E-state index in [4.69, 9.17) is 13.9 Å². The molecule has 0 bridgehead atoms. The number of fused-ring (bicyclic) bond motifs is 8. The molecule has 0 radical (unpaired) electrons. The van der Waals surface area contributed by atoms with E-state index in [0.717, 1.165) is 97.0 Å². The molecule has 0 amide bonds. The Morgan fingerprint density at radius 3 is 2.60 bits per heavy atom. The van der Waals surface area contributed by atoms with Crippen LogP contribution in [0.5, 0.6) is 5.75 Å². The fourth-order valence-electron chi connectivity index (χ4n) is 11.6. The Hall–Kier alpha value is -2.56. The summed E-state index contributed by atoms with van der Waals surface area (Å²) in [5.41, 5.74) is 4.49. The molecule has 5 aliphatic carbocycles. The predicted molar refractivity (Wildman–Crippen MR) is 188 cm³/mol. The maximum absolute atomic E-state index is 13.0. The molecular formula is C42H58O5. The van der Waals surface area contributed by atoms with Gasteiger partial charge in [0.05, 0.1) is 0 Å². The molecule has 3 fully saturated rings. The highest BCUT2D eigenvalue weighted by Gasteiger charge is 2.59. The van der Waals surface area contributed by atoms with Crippen LogP contribution >= 0.6 is 0 Å². The summed E-state index contributed by atoms with van der Waals surface area (Å²) in [4.78, 5) is 25.5. The SMILES string of the molecule is CC(C)CCC[C@@H](C)[C@H]1CCC2C3CC=C4C[C@@H](OC(=O)COc5ccc6c7c(c(=O)oc6c5)CCCC7)CC[C@]4(C)C3CC[C@@]21C. The maximum Gasteiger partial charge on any atom is 0.344 e. The number of esters is 1. The van der Waals surface area contributed by atoms with Crippen molar-refractivity contribution in [2.75, 3.05) is 6.61 Å². The second-order valence-corrected chi connectivity index (χ2v) is 17.1. The highest BCUT2D eigenvalue weighted by atomic mass is 16.6.